The van der Waals surface area contributed by atoms with Crippen molar-refractivity contribution in [1.82, 2.24) is 0 Å². The highest BCUT2D eigenvalue weighted by atomic mass is 32.1. The van der Waals surface area contributed by atoms with Gasteiger partial charge in [-0.1, -0.05) is 23.4 Å². The molecule has 0 aliphatic rings. The predicted molar refractivity (Wildman–Crippen MR) is 74.2 cm³/mol. The summed E-state index contributed by atoms with van der Waals surface area (Å²) in [6, 6.07) is 10.9. The van der Waals surface area contributed by atoms with Crippen LogP contribution in [0, 0.1) is 13.8 Å². The molecule has 0 aliphatic heterocycles. The van der Waals surface area contributed by atoms with E-state index in [0.717, 1.165) is 0 Å². The van der Waals surface area contributed by atoms with Crippen LogP contribution in [-0.2, 0) is 0 Å². The fourth-order valence-electron chi connectivity index (χ4n) is 2.11. The molecule has 0 atom stereocenters. The first kappa shape index (κ1) is 10.1. The number of rotatable bonds is 0. The SMILES string of the molecule is Cc1cc2sc3ccccc3c2c([Si])c1C. The minimum Gasteiger partial charge on any atom is -0.135 e. The molecule has 3 aromatic rings. The van der Waals surface area contributed by atoms with Gasteiger partial charge in [-0.3, -0.25) is 0 Å². The number of hydrogen-bond donors (Lipinski definition) is 0. The second-order valence-electron chi connectivity index (χ2n) is 4.16. The van der Waals surface area contributed by atoms with Crippen molar-refractivity contribution in [3.8, 4) is 0 Å². The van der Waals surface area contributed by atoms with Crippen LogP contribution in [0.25, 0.3) is 20.2 Å². The highest BCUT2D eigenvalue weighted by molar-refractivity contribution is 7.26. The number of benzene rings is 2. The molecule has 2 heteroatoms. The third-order valence-corrected chi connectivity index (χ3v) is 4.93. The van der Waals surface area contributed by atoms with Gasteiger partial charge < -0.3 is 0 Å². The fourth-order valence-corrected chi connectivity index (χ4v) is 3.88. The third kappa shape index (κ3) is 1.27. The van der Waals surface area contributed by atoms with Gasteiger partial charge in [-0.05, 0) is 42.5 Å². The quantitative estimate of drug-likeness (QED) is 0.527. The second kappa shape index (κ2) is 3.44. The first-order chi connectivity index (χ1) is 7.68. The number of hydrogen-bond acceptors (Lipinski definition) is 1. The number of fused-ring (bicyclic) bond motifs is 3. The van der Waals surface area contributed by atoms with E-state index in [1.54, 1.807) is 0 Å². The minimum absolute atomic E-state index is 1.24. The van der Waals surface area contributed by atoms with Gasteiger partial charge in [0.1, 0.15) is 0 Å². The highest BCUT2D eigenvalue weighted by Gasteiger charge is 2.09. The van der Waals surface area contributed by atoms with E-state index in [1.165, 1.54) is 36.5 Å². The van der Waals surface area contributed by atoms with E-state index in [-0.39, 0.29) is 0 Å². The first-order valence-electron chi connectivity index (χ1n) is 5.31. The van der Waals surface area contributed by atoms with Crippen molar-refractivity contribution in [3.05, 3.63) is 41.5 Å². The zero-order chi connectivity index (χ0) is 11.3. The van der Waals surface area contributed by atoms with Crippen molar-refractivity contribution < 1.29 is 0 Å². The summed E-state index contributed by atoms with van der Waals surface area (Å²) < 4.78 is 2.73. The average molecular weight is 239 g/mol. The monoisotopic (exact) mass is 239 g/mol. The molecule has 1 heterocycles. The minimum atomic E-state index is 1.24. The lowest BCUT2D eigenvalue weighted by atomic mass is 10.1. The molecule has 0 nitrogen and oxygen atoms in total. The third-order valence-electron chi connectivity index (χ3n) is 3.19. The molecule has 77 valence electrons. The van der Waals surface area contributed by atoms with E-state index >= 15 is 0 Å². The smallest absolute Gasteiger partial charge is 0.0725 e. The van der Waals surface area contributed by atoms with Gasteiger partial charge in [-0.15, -0.1) is 11.3 Å². The van der Waals surface area contributed by atoms with Crippen LogP contribution in [-0.4, -0.2) is 10.2 Å². The van der Waals surface area contributed by atoms with Crippen molar-refractivity contribution in [2.24, 2.45) is 0 Å². The summed E-state index contributed by atoms with van der Waals surface area (Å²) in [6.07, 6.45) is 0. The van der Waals surface area contributed by atoms with E-state index < -0.39 is 0 Å². The molecule has 0 saturated carbocycles. The van der Waals surface area contributed by atoms with Gasteiger partial charge >= 0.3 is 0 Å². The lowest BCUT2D eigenvalue weighted by molar-refractivity contribution is 1.39. The van der Waals surface area contributed by atoms with Crippen molar-refractivity contribution in [2.45, 2.75) is 13.8 Å². The van der Waals surface area contributed by atoms with Crippen molar-refractivity contribution in [2.75, 3.05) is 0 Å². The van der Waals surface area contributed by atoms with E-state index in [0.29, 0.717) is 0 Å². The largest absolute Gasteiger partial charge is 0.135 e. The Morgan fingerprint density at radius 2 is 1.81 bits per heavy atom. The zero-order valence-electron chi connectivity index (χ0n) is 9.29. The van der Waals surface area contributed by atoms with Crippen LogP contribution in [0.15, 0.2) is 30.3 Å². The molecule has 0 spiro atoms. The maximum Gasteiger partial charge on any atom is 0.0725 e. The lowest BCUT2D eigenvalue weighted by Gasteiger charge is -2.06. The van der Waals surface area contributed by atoms with Gasteiger partial charge in [-0.2, -0.15) is 0 Å². The molecule has 0 bridgehead atoms. The summed E-state index contributed by atoms with van der Waals surface area (Å²) in [5.41, 5.74) is 2.69. The average Bonchev–Trinajstić information content (AvgIpc) is 2.64. The van der Waals surface area contributed by atoms with Crippen LogP contribution < -0.4 is 5.19 Å². The van der Waals surface area contributed by atoms with Crippen LogP contribution in [0.2, 0.25) is 0 Å². The first-order valence-corrected chi connectivity index (χ1v) is 6.63. The Hall–Kier alpha value is -1.12. The fraction of sp³-hybridized carbons (Fsp3) is 0.143. The molecule has 1 aromatic heterocycles. The molecular formula is C14H11SSi. The summed E-state index contributed by atoms with van der Waals surface area (Å²) in [5.74, 6) is 0. The Kier molecular flexibility index (Phi) is 2.16. The van der Waals surface area contributed by atoms with Crippen molar-refractivity contribution in [3.63, 3.8) is 0 Å². The molecule has 0 saturated heterocycles. The normalized spacial score (nSPS) is 11.4. The molecule has 3 rings (SSSR count). The zero-order valence-corrected chi connectivity index (χ0v) is 11.1. The van der Waals surface area contributed by atoms with E-state index in [1.807, 2.05) is 11.3 Å². The number of thiophene rings is 1. The Balaban J connectivity index is 2.62. The van der Waals surface area contributed by atoms with Gasteiger partial charge in [0.05, 0.1) is 10.2 Å². The summed E-state index contributed by atoms with van der Waals surface area (Å²) in [5, 5.41) is 3.96. The van der Waals surface area contributed by atoms with Crippen molar-refractivity contribution >= 4 is 46.9 Å². The van der Waals surface area contributed by atoms with Gasteiger partial charge in [0, 0.05) is 14.8 Å². The molecule has 16 heavy (non-hydrogen) atoms. The van der Waals surface area contributed by atoms with E-state index in [2.05, 4.69) is 54.4 Å². The number of aryl methyl sites for hydroxylation is 1. The summed E-state index contributed by atoms with van der Waals surface area (Å²) in [7, 11) is 3.79. The van der Waals surface area contributed by atoms with Gasteiger partial charge in [0.25, 0.3) is 0 Å². The van der Waals surface area contributed by atoms with Crippen LogP contribution in [0.3, 0.4) is 0 Å². The molecule has 0 N–H and O–H groups in total. The molecular weight excluding hydrogens is 228 g/mol. The molecule has 3 radical (unpaired) electrons. The predicted octanol–water partition coefficient (Wildman–Crippen LogP) is 3.47. The van der Waals surface area contributed by atoms with Crippen LogP contribution in [0.1, 0.15) is 11.1 Å². The summed E-state index contributed by atoms with van der Waals surface area (Å²) >= 11 is 1.87. The van der Waals surface area contributed by atoms with E-state index in [9.17, 15) is 0 Å². The van der Waals surface area contributed by atoms with Crippen LogP contribution >= 0.6 is 11.3 Å². The molecule has 0 fully saturated rings. The Morgan fingerprint density at radius 1 is 1.06 bits per heavy atom. The summed E-state index contributed by atoms with van der Waals surface area (Å²) in [4.78, 5) is 0. The lowest BCUT2D eigenvalue weighted by Crippen LogP contribution is -2.09. The standard InChI is InChI=1S/C14H11SSi/c1-8-7-12-13(14(16)9(8)2)10-5-3-4-6-11(10)15-12/h3-7H,1-2H3. The second-order valence-corrected chi connectivity index (χ2v) is 5.75. The summed E-state index contributed by atoms with van der Waals surface area (Å²) in [6.45, 7) is 4.34. The molecule has 2 aromatic carbocycles. The molecule has 0 aliphatic carbocycles. The Morgan fingerprint density at radius 3 is 2.62 bits per heavy atom. The van der Waals surface area contributed by atoms with Crippen LogP contribution in [0.5, 0.6) is 0 Å². The molecule has 0 unspecified atom stereocenters. The Labute approximate surface area is 102 Å². The van der Waals surface area contributed by atoms with E-state index in [4.69, 9.17) is 0 Å². The van der Waals surface area contributed by atoms with Crippen molar-refractivity contribution in [1.29, 1.82) is 0 Å². The highest BCUT2D eigenvalue weighted by Crippen LogP contribution is 2.33. The maximum absolute atomic E-state index is 3.79. The molecule has 0 amide bonds. The topological polar surface area (TPSA) is 0 Å². The van der Waals surface area contributed by atoms with Gasteiger partial charge in [-0.25, -0.2) is 0 Å². The van der Waals surface area contributed by atoms with Gasteiger partial charge in [0.15, 0.2) is 0 Å². The van der Waals surface area contributed by atoms with Crippen LogP contribution in [0.4, 0.5) is 0 Å². The van der Waals surface area contributed by atoms with Gasteiger partial charge in [0.2, 0.25) is 0 Å². The Bertz CT molecular complexity index is 695. The maximum atomic E-state index is 3.79.